The van der Waals surface area contributed by atoms with Gasteiger partial charge in [-0.05, 0) is 13.0 Å². The first kappa shape index (κ1) is 11.7. The molecule has 0 bridgehead atoms. The molecule has 98 valence electrons. The van der Waals surface area contributed by atoms with Crippen molar-refractivity contribution < 1.29 is 14.6 Å². The monoisotopic (exact) mass is 250 g/mol. The maximum atomic E-state index is 9.33. The number of hydrogen-bond acceptors (Lipinski definition) is 5. The van der Waals surface area contributed by atoms with Gasteiger partial charge in [0.1, 0.15) is 0 Å². The highest BCUT2D eigenvalue weighted by atomic mass is 16.7. The van der Waals surface area contributed by atoms with E-state index in [1.165, 1.54) is 0 Å². The lowest BCUT2D eigenvalue weighted by atomic mass is 10.0. The van der Waals surface area contributed by atoms with Crippen LogP contribution in [0, 0.1) is 6.92 Å². The van der Waals surface area contributed by atoms with E-state index in [1.54, 1.807) is 6.07 Å². The third kappa shape index (κ3) is 2.04. The average molecular weight is 250 g/mol. The molecule has 0 aliphatic carbocycles. The van der Waals surface area contributed by atoms with Crippen molar-refractivity contribution >= 4 is 5.69 Å². The zero-order valence-corrected chi connectivity index (χ0v) is 10.6. The molecule has 1 spiro atoms. The molecule has 0 aromatic carbocycles. The van der Waals surface area contributed by atoms with E-state index in [9.17, 15) is 5.11 Å². The van der Waals surface area contributed by atoms with Gasteiger partial charge in [0.2, 0.25) is 5.88 Å². The normalized spacial score (nSPS) is 22.6. The van der Waals surface area contributed by atoms with Crippen molar-refractivity contribution in [2.45, 2.75) is 25.6 Å². The summed E-state index contributed by atoms with van der Waals surface area (Å²) in [6, 6.07) is 3.56. The Balaban J connectivity index is 1.72. The molecule has 3 heterocycles. The fraction of sp³-hybridized carbons (Fsp3) is 0.615. The molecule has 5 nitrogen and oxygen atoms in total. The van der Waals surface area contributed by atoms with Crippen molar-refractivity contribution in [2.24, 2.45) is 0 Å². The summed E-state index contributed by atoms with van der Waals surface area (Å²) in [5.74, 6) is -0.262. The van der Waals surface area contributed by atoms with Crippen LogP contribution in [0.15, 0.2) is 12.1 Å². The average Bonchev–Trinajstić information content (AvgIpc) is 2.80. The number of nitrogens with zero attached hydrogens (tertiary/aromatic N) is 2. The molecule has 2 fully saturated rings. The summed E-state index contributed by atoms with van der Waals surface area (Å²) in [7, 11) is 0. The second-order valence-corrected chi connectivity index (χ2v) is 4.87. The molecule has 2 aliphatic rings. The standard InChI is InChI=1S/C13H18N2O3/c1-10-11(2-3-12(16)14-10)15-6-4-13(5-7-15)17-8-9-18-13/h2-3H,4-9H2,1H3,(H,14,16). The number of aromatic nitrogens is 1. The Morgan fingerprint density at radius 3 is 2.50 bits per heavy atom. The van der Waals surface area contributed by atoms with Crippen molar-refractivity contribution in [3.63, 3.8) is 0 Å². The van der Waals surface area contributed by atoms with Crippen LogP contribution in [0.4, 0.5) is 5.69 Å². The van der Waals surface area contributed by atoms with Crippen LogP contribution in [0.25, 0.3) is 0 Å². The summed E-state index contributed by atoms with van der Waals surface area (Å²) >= 11 is 0. The van der Waals surface area contributed by atoms with E-state index >= 15 is 0 Å². The molecule has 0 radical (unpaired) electrons. The predicted octanol–water partition coefficient (Wildman–Crippen LogP) is 1.44. The Morgan fingerprint density at radius 1 is 1.22 bits per heavy atom. The molecule has 2 aliphatic heterocycles. The molecule has 5 heteroatoms. The van der Waals surface area contributed by atoms with Crippen molar-refractivity contribution in [3.05, 3.63) is 17.8 Å². The first-order chi connectivity index (χ1) is 8.69. The van der Waals surface area contributed by atoms with Crippen molar-refractivity contribution in [3.8, 4) is 5.88 Å². The van der Waals surface area contributed by atoms with E-state index in [0.717, 1.165) is 37.3 Å². The molecule has 1 aromatic rings. The van der Waals surface area contributed by atoms with Crippen LogP contribution >= 0.6 is 0 Å². The van der Waals surface area contributed by atoms with Crippen LogP contribution in [0.5, 0.6) is 5.88 Å². The number of piperidine rings is 1. The van der Waals surface area contributed by atoms with Gasteiger partial charge in [-0.25, -0.2) is 4.98 Å². The van der Waals surface area contributed by atoms with E-state index in [0.29, 0.717) is 13.2 Å². The van der Waals surface area contributed by atoms with Crippen LogP contribution in [0.3, 0.4) is 0 Å². The first-order valence-corrected chi connectivity index (χ1v) is 6.38. The number of aryl methyl sites for hydroxylation is 1. The molecule has 0 amide bonds. The molecule has 2 saturated heterocycles. The molecule has 18 heavy (non-hydrogen) atoms. The summed E-state index contributed by atoms with van der Waals surface area (Å²) in [6.45, 7) is 5.13. The quantitative estimate of drug-likeness (QED) is 0.817. The van der Waals surface area contributed by atoms with Crippen LogP contribution in [0.2, 0.25) is 0 Å². The number of hydrogen-bond donors (Lipinski definition) is 1. The highest BCUT2D eigenvalue weighted by Gasteiger charge is 2.40. The van der Waals surface area contributed by atoms with Gasteiger partial charge < -0.3 is 19.5 Å². The van der Waals surface area contributed by atoms with Gasteiger partial charge in [-0.1, -0.05) is 0 Å². The van der Waals surface area contributed by atoms with E-state index in [2.05, 4.69) is 9.88 Å². The smallest absolute Gasteiger partial charge is 0.211 e. The maximum Gasteiger partial charge on any atom is 0.211 e. The fourth-order valence-corrected chi connectivity index (χ4v) is 2.75. The highest BCUT2D eigenvalue weighted by molar-refractivity contribution is 5.51. The molecule has 3 rings (SSSR count). The van der Waals surface area contributed by atoms with Gasteiger partial charge in [-0.15, -0.1) is 0 Å². The number of anilines is 1. The second-order valence-electron chi connectivity index (χ2n) is 4.87. The van der Waals surface area contributed by atoms with E-state index in [-0.39, 0.29) is 11.7 Å². The first-order valence-electron chi connectivity index (χ1n) is 6.38. The van der Waals surface area contributed by atoms with Gasteiger partial charge >= 0.3 is 0 Å². The minimum Gasteiger partial charge on any atom is -0.493 e. The molecule has 0 unspecified atom stereocenters. The van der Waals surface area contributed by atoms with Gasteiger partial charge in [-0.3, -0.25) is 0 Å². The van der Waals surface area contributed by atoms with Crippen LogP contribution < -0.4 is 4.90 Å². The predicted molar refractivity (Wildman–Crippen MR) is 66.7 cm³/mol. The summed E-state index contributed by atoms with van der Waals surface area (Å²) in [5.41, 5.74) is 1.94. The Bertz CT molecular complexity index is 434. The van der Waals surface area contributed by atoms with Crippen molar-refractivity contribution in [1.82, 2.24) is 4.98 Å². The summed E-state index contributed by atoms with van der Waals surface area (Å²) in [6.07, 6.45) is 1.76. The minimum absolute atomic E-state index is 0.0761. The lowest BCUT2D eigenvalue weighted by molar-refractivity contribution is -0.169. The molecular weight excluding hydrogens is 232 g/mol. The Hall–Kier alpha value is -1.33. The molecule has 1 aromatic heterocycles. The summed E-state index contributed by atoms with van der Waals surface area (Å²) in [4.78, 5) is 6.37. The Labute approximate surface area is 106 Å². The maximum absolute atomic E-state index is 9.33. The van der Waals surface area contributed by atoms with Gasteiger partial charge in [0.25, 0.3) is 0 Å². The topological polar surface area (TPSA) is 54.8 Å². The SMILES string of the molecule is Cc1nc(O)ccc1N1CCC2(CC1)OCCO2. The molecular formula is C13H18N2O3. The summed E-state index contributed by atoms with van der Waals surface area (Å²) in [5, 5.41) is 9.33. The van der Waals surface area contributed by atoms with Crippen molar-refractivity contribution in [2.75, 3.05) is 31.2 Å². The van der Waals surface area contributed by atoms with Crippen LogP contribution in [0.1, 0.15) is 18.5 Å². The molecule has 0 atom stereocenters. The highest BCUT2D eigenvalue weighted by Crippen LogP contribution is 2.34. The van der Waals surface area contributed by atoms with Crippen molar-refractivity contribution in [1.29, 1.82) is 0 Å². The third-order valence-electron chi connectivity index (χ3n) is 3.72. The van der Waals surface area contributed by atoms with Crippen LogP contribution in [-0.4, -0.2) is 42.2 Å². The molecule has 1 N–H and O–H groups in total. The van der Waals surface area contributed by atoms with Gasteiger partial charge in [0.15, 0.2) is 5.79 Å². The lowest BCUT2D eigenvalue weighted by Gasteiger charge is -2.39. The van der Waals surface area contributed by atoms with Gasteiger partial charge in [0.05, 0.1) is 24.6 Å². The minimum atomic E-state index is -0.339. The number of ether oxygens (including phenoxy) is 2. The van der Waals surface area contributed by atoms with E-state index in [1.807, 2.05) is 13.0 Å². The Morgan fingerprint density at radius 2 is 1.89 bits per heavy atom. The van der Waals surface area contributed by atoms with Crippen LogP contribution in [-0.2, 0) is 9.47 Å². The Kier molecular flexibility index (Phi) is 2.87. The lowest BCUT2D eigenvalue weighted by Crippen LogP contribution is -2.45. The molecule has 0 saturated carbocycles. The summed E-state index contributed by atoms with van der Waals surface area (Å²) < 4.78 is 11.4. The largest absolute Gasteiger partial charge is 0.493 e. The number of rotatable bonds is 1. The van der Waals surface area contributed by atoms with E-state index in [4.69, 9.17) is 9.47 Å². The number of aromatic hydroxyl groups is 1. The fourth-order valence-electron chi connectivity index (χ4n) is 2.75. The third-order valence-corrected chi connectivity index (χ3v) is 3.72. The zero-order valence-electron chi connectivity index (χ0n) is 10.6. The second kappa shape index (κ2) is 4.40. The van der Waals surface area contributed by atoms with Gasteiger partial charge in [0, 0.05) is 32.0 Å². The van der Waals surface area contributed by atoms with E-state index < -0.39 is 0 Å². The van der Waals surface area contributed by atoms with Gasteiger partial charge in [-0.2, -0.15) is 0 Å². The number of pyridine rings is 1. The zero-order chi connectivity index (χ0) is 12.6.